The first-order chi connectivity index (χ1) is 4.77. The van der Waals surface area contributed by atoms with Crippen LogP contribution >= 0.6 is 0 Å². The van der Waals surface area contributed by atoms with E-state index in [0.717, 1.165) is 12.8 Å². The molecule has 0 fully saturated rings. The molecule has 0 aliphatic heterocycles. The van der Waals surface area contributed by atoms with Crippen molar-refractivity contribution in [2.24, 2.45) is 5.41 Å². The largest absolute Gasteiger partial charge is 0.396 e. The predicted molar refractivity (Wildman–Crippen MR) is 46.4 cm³/mol. The van der Waals surface area contributed by atoms with E-state index >= 15 is 0 Å². The molecule has 0 heterocycles. The maximum absolute atomic E-state index is 9.50. The fourth-order valence-electron chi connectivity index (χ4n) is 1.56. The quantitative estimate of drug-likeness (QED) is 0.655. The normalized spacial score (nSPS) is 13.6. The highest BCUT2D eigenvalue weighted by Crippen LogP contribution is 2.30. The van der Waals surface area contributed by atoms with Gasteiger partial charge in [-0.3, -0.25) is 0 Å². The highest BCUT2D eigenvalue weighted by atomic mass is 16.3. The zero-order valence-corrected chi connectivity index (χ0v) is 8.02. The molecule has 0 radical (unpaired) electrons. The summed E-state index contributed by atoms with van der Waals surface area (Å²) in [5.41, 5.74) is -0.592. The van der Waals surface area contributed by atoms with Crippen molar-refractivity contribution in [3.05, 3.63) is 0 Å². The van der Waals surface area contributed by atoms with E-state index in [0.29, 0.717) is 0 Å². The van der Waals surface area contributed by atoms with Gasteiger partial charge in [-0.1, -0.05) is 13.8 Å². The van der Waals surface area contributed by atoms with Crippen LogP contribution in [0.2, 0.25) is 0 Å². The highest BCUT2D eigenvalue weighted by Gasteiger charge is 2.25. The van der Waals surface area contributed by atoms with Crippen molar-refractivity contribution in [1.82, 2.24) is 0 Å². The molecule has 0 amide bonds. The van der Waals surface area contributed by atoms with Gasteiger partial charge < -0.3 is 10.2 Å². The number of aliphatic hydroxyl groups excluding tert-OH is 1. The minimum atomic E-state index is -0.626. The van der Waals surface area contributed by atoms with Gasteiger partial charge in [0.1, 0.15) is 0 Å². The molecule has 2 N–H and O–H groups in total. The van der Waals surface area contributed by atoms with E-state index < -0.39 is 5.60 Å². The van der Waals surface area contributed by atoms with Crippen LogP contribution < -0.4 is 0 Å². The average molecular weight is 160 g/mol. The molecule has 0 atom stereocenters. The number of hydrogen-bond acceptors (Lipinski definition) is 2. The molecule has 68 valence electrons. The lowest BCUT2D eigenvalue weighted by Crippen LogP contribution is -2.28. The second-order valence-corrected chi connectivity index (χ2v) is 4.63. The molecule has 0 aliphatic carbocycles. The smallest absolute Gasteiger partial charge is 0.0596 e. The van der Waals surface area contributed by atoms with Gasteiger partial charge in [0.25, 0.3) is 0 Å². The first kappa shape index (κ1) is 10.9. The lowest BCUT2D eigenvalue weighted by molar-refractivity contribution is 0.0243. The Morgan fingerprint density at radius 1 is 1.09 bits per heavy atom. The van der Waals surface area contributed by atoms with Gasteiger partial charge in [0.2, 0.25) is 0 Å². The maximum atomic E-state index is 9.50. The first-order valence-corrected chi connectivity index (χ1v) is 4.10. The Morgan fingerprint density at radius 3 is 1.82 bits per heavy atom. The third-order valence-corrected chi connectivity index (χ3v) is 1.70. The molecule has 0 aromatic rings. The van der Waals surface area contributed by atoms with Crippen LogP contribution in [0, 0.1) is 5.41 Å². The van der Waals surface area contributed by atoms with Gasteiger partial charge in [0, 0.05) is 6.61 Å². The monoisotopic (exact) mass is 160 g/mol. The lowest BCUT2D eigenvalue weighted by atomic mass is 9.79. The number of hydrogen-bond donors (Lipinski definition) is 2. The molecule has 0 rings (SSSR count). The standard InChI is InChI=1S/C9H20O2/c1-8(2,5-6-10)7-9(3,4)11/h10-11H,5-7H2,1-4H3. The summed E-state index contributed by atoms with van der Waals surface area (Å²) >= 11 is 0. The SMILES string of the molecule is CC(C)(O)CC(C)(C)CCO. The molecule has 2 nitrogen and oxygen atoms in total. The van der Waals surface area contributed by atoms with E-state index in [1.54, 1.807) is 13.8 Å². The Kier molecular flexibility index (Phi) is 3.52. The Bertz CT molecular complexity index is 111. The Labute approximate surface area is 69.2 Å². The second kappa shape index (κ2) is 3.55. The van der Waals surface area contributed by atoms with Crippen molar-refractivity contribution in [2.75, 3.05) is 6.61 Å². The summed E-state index contributed by atoms with van der Waals surface area (Å²) in [4.78, 5) is 0. The van der Waals surface area contributed by atoms with Crippen LogP contribution in [0.3, 0.4) is 0 Å². The molecule has 0 aliphatic rings. The maximum Gasteiger partial charge on any atom is 0.0596 e. The van der Waals surface area contributed by atoms with Crippen LogP contribution in [-0.4, -0.2) is 22.4 Å². The van der Waals surface area contributed by atoms with Crippen LogP contribution in [0.4, 0.5) is 0 Å². The summed E-state index contributed by atoms with van der Waals surface area (Å²) < 4.78 is 0. The van der Waals surface area contributed by atoms with Crippen LogP contribution in [-0.2, 0) is 0 Å². The zero-order chi connectivity index (χ0) is 9.12. The van der Waals surface area contributed by atoms with Crippen molar-refractivity contribution in [2.45, 2.75) is 46.1 Å². The summed E-state index contributed by atoms with van der Waals surface area (Å²) in [6, 6.07) is 0. The minimum absolute atomic E-state index is 0.0347. The molecular formula is C9H20O2. The molecule has 0 spiro atoms. The summed E-state index contributed by atoms with van der Waals surface area (Å²) in [5, 5.41) is 18.2. The molecular weight excluding hydrogens is 140 g/mol. The third-order valence-electron chi connectivity index (χ3n) is 1.70. The van der Waals surface area contributed by atoms with Gasteiger partial charge >= 0.3 is 0 Å². The van der Waals surface area contributed by atoms with E-state index in [-0.39, 0.29) is 12.0 Å². The molecule has 0 bridgehead atoms. The van der Waals surface area contributed by atoms with Crippen molar-refractivity contribution in [1.29, 1.82) is 0 Å². The first-order valence-electron chi connectivity index (χ1n) is 4.10. The molecule has 0 aromatic heterocycles. The average Bonchev–Trinajstić information content (AvgIpc) is 1.55. The fourth-order valence-corrected chi connectivity index (χ4v) is 1.56. The van der Waals surface area contributed by atoms with E-state index in [2.05, 4.69) is 13.8 Å². The summed E-state index contributed by atoms with van der Waals surface area (Å²) in [6.07, 6.45) is 1.47. The van der Waals surface area contributed by atoms with E-state index in [9.17, 15) is 5.11 Å². The Balaban J connectivity index is 3.91. The van der Waals surface area contributed by atoms with Crippen molar-refractivity contribution < 1.29 is 10.2 Å². The van der Waals surface area contributed by atoms with Crippen LogP contribution in [0.25, 0.3) is 0 Å². The lowest BCUT2D eigenvalue weighted by Gasteiger charge is -2.30. The molecule has 0 unspecified atom stereocenters. The molecule has 11 heavy (non-hydrogen) atoms. The predicted octanol–water partition coefficient (Wildman–Crippen LogP) is 1.56. The topological polar surface area (TPSA) is 40.5 Å². The fraction of sp³-hybridized carbons (Fsp3) is 1.00. The van der Waals surface area contributed by atoms with Gasteiger partial charge in [-0.25, -0.2) is 0 Å². The summed E-state index contributed by atoms with van der Waals surface area (Å²) in [5.74, 6) is 0. The van der Waals surface area contributed by atoms with Gasteiger partial charge in [-0.05, 0) is 32.1 Å². The summed E-state index contributed by atoms with van der Waals surface area (Å²) in [6.45, 7) is 7.91. The molecule has 2 heteroatoms. The second-order valence-electron chi connectivity index (χ2n) is 4.63. The van der Waals surface area contributed by atoms with Gasteiger partial charge in [-0.2, -0.15) is 0 Å². The third kappa shape index (κ3) is 6.32. The van der Waals surface area contributed by atoms with Crippen molar-refractivity contribution >= 4 is 0 Å². The summed E-state index contributed by atoms with van der Waals surface area (Å²) in [7, 11) is 0. The number of rotatable bonds is 4. The van der Waals surface area contributed by atoms with Gasteiger partial charge in [0.15, 0.2) is 0 Å². The molecule has 0 aromatic carbocycles. The molecule has 0 saturated heterocycles. The van der Waals surface area contributed by atoms with E-state index in [1.165, 1.54) is 0 Å². The molecule has 0 saturated carbocycles. The van der Waals surface area contributed by atoms with E-state index in [1.807, 2.05) is 0 Å². The highest BCUT2D eigenvalue weighted by molar-refractivity contribution is 4.77. The Morgan fingerprint density at radius 2 is 1.55 bits per heavy atom. The minimum Gasteiger partial charge on any atom is -0.396 e. The van der Waals surface area contributed by atoms with Gasteiger partial charge in [0.05, 0.1) is 5.60 Å². The van der Waals surface area contributed by atoms with Crippen molar-refractivity contribution in [3.8, 4) is 0 Å². The van der Waals surface area contributed by atoms with Crippen LogP contribution in [0.5, 0.6) is 0 Å². The van der Waals surface area contributed by atoms with E-state index in [4.69, 9.17) is 5.11 Å². The number of aliphatic hydroxyl groups is 2. The van der Waals surface area contributed by atoms with Crippen molar-refractivity contribution in [3.63, 3.8) is 0 Å². The zero-order valence-electron chi connectivity index (χ0n) is 8.02. The van der Waals surface area contributed by atoms with Gasteiger partial charge in [-0.15, -0.1) is 0 Å². The Hall–Kier alpha value is -0.0800. The van der Waals surface area contributed by atoms with Crippen LogP contribution in [0.1, 0.15) is 40.5 Å². The van der Waals surface area contributed by atoms with Crippen LogP contribution in [0.15, 0.2) is 0 Å².